The van der Waals surface area contributed by atoms with Crippen LogP contribution in [0.4, 0.5) is 0 Å². The molecule has 0 aliphatic carbocycles. The molecule has 0 bridgehead atoms. The summed E-state index contributed by atoms with van der Waals surface area (Å²) in [6.07, 6.45) is 0. The summed E-state index contributed by atoms with van der Waals surface area (Å²) in [4.78, 5) is 41.8. The topological polar surface area (TPSA) is 82.1 Å². The zero-order chi connectivity index (χ0) is 16.0. The van der Waals surface area contributed by atoms with Crippen LogP contribution in [0.1, 0.15) is 30.4 Å². The monoisotopic (exact) mass is 331 g/mol. The Hall–Kier alpha value is -2.87. The molecule has 2 aromatic rings. The van der Waals surface area contributed by atoms with Gasteiger partial charge in [-0.15, -0.1) is 11.3 Å². The number of hydrogen-bond donors (Lipinski definition) is 0. The third kappa shape index (κ3) is 2.07. The van der Waals surface area contributed by atoms with Crippen LogP contribution in [-0.2, 0) is 4.84 Å². The lowest BCUT2D eigenvalue weighted by Gasteiger charge is -2.16. The number of amides is 2. The van der Waals surface area contributed by atoms with Gasteiger partial charge in [-0.25, -0.2) is 4.79 Å². The molecule has 2 amide bonds. The van der Waals surface area contributed by atoms with E-state index in [4.69, 9.17) is 14.3 Å². The Morgan fingerprint density at radius 1 is 1.09 bits per heavy atom. The number of imide groups is 1. The van der Waals surface area contributed by atoms with Gasteiger partial charge < -0.3 is 14.3 Å². The number of hydroxylamine groups is 2. The average molecular weight is 331 g/mol. The van der Waals surface area contributed by atoms with Crippen LogP contribution < -0.4 is 9.47 Å². The minimum atomic E-state index is -0.837. The fraction of sp³-hybridized carbons (Fsp3) is 0.133. The summed E-state index contributed by atoms with van der Waals surface area (Å²) in [5.74, 6) is -1.43. The molecule has 2 aliphatic rings. The number of hydrogen-bond acceptors (Lipinski definition) is 7. The predicted octanol–water partition coefficient (Wildman–Crippen LogP) is 1.89. The Morgan fingerprint density at radius 3 is 2.43 bits per heavy atom. The second-order valence-corrected chi connectivity index (χ2v) is 5.66. The molecule has 8 heteroatoms. The van der Waals surface area contributed by atoms with Crippen LogP contribution in [0, 0.1) is 0 Å². The van der Waals surface area contributed by atoms with Gasteiger partial charge in [-0.05, 0) is 12.1 Å². The highest BCUT2D eigenvalue weighted by molar-refractivity contribution is 7.12. The Bertz CT molecular complexity index is 807. The molecule has 0 atom stereocenters. The Balaban J connectivity index is 1.60. The Morgan fingerprint density at radius 2 is 1.74 bits per heavy atom. The van der Waals surface area contributed by atoms with E-state index in [9.17, 15) is 14.4 Å². The van der Waals surface area contributed by atoms with Gasteiger partial charge in [0, 0.05) is 5.38 Å². The van der Waals surface area contributed by atoms with Crippen molar-refractivity contribution in [3.63, 3.8) is 0 Å². The molecule has 0 saturated heterocycles. The fourth-order valence-electron chi connectivity index (χ4n) is 2.38. The zero-order valence-electron chi connectivity index (χ0n) is 11.6. The van der Waals surface area contributed by atoms with Crippen LogP contribution >= 0.6 is 11.3 Å². The Kier molecular flexibility index (Phi) is 3.05. The highest BCUT2D eigenvalue weighted by atomic mass is 32.1. The number of ether oxygens (including phenoxy) is 2. The molecule has 0 N–H and O–H groups in total. The van der Waals surface area contributed by atoms with E-state index in [0.717, 1.165) is 11.3 Å². The number of thiophene rings is 1. The third-order valence-electron chi connectivity index (χ3n) is 3.42. The maximum absolute atomic E-state index is 12.3. The lowest BCUT2D eigenvalue weighted by molar-refractivity contribution is -0.0583. The number of rotatable bonds is 2. The van der Waals surface area contributed by atoms with Crippen LogP contribution in [0.5, 0.6) is 11.5 Å². The Labute approximate surface area is 133 Å². The molecule has 116 valence electrons. The van der Waals surface area contributed by atoms with Crippen molar-refractivity contribution in [2.75, 3.05) is 13.2 Å². The van der Waals surface area contributed by atoms with Gasteiger partial charge in [0.1, 0.15) is 13.2 Å². The largest absolute Gasteiger partial charge is 0.485 e. The van der Waals surface area contributed by atoms with E-state index in [-0.39, 0.29) is 21.8 Å². The minimum absolute atomic E-state index is 0.149. The van der Waals surface area contributed by atoms with Crippen molar-refractivity contribution in [2.24, 2.45) is 0 Å². The molecule has 3 heterocycles. The predicted molar refractivity (Wildman–Crippen MR) is 77.7 cm³/mol. The minimum Gasteiger partial charge on any atom is -0.485 e. The maximum atomic E-state index is 12.3. The van der Waals surface area contributed by atoms with Crippen molar-refractivity contribution >= 4 is 29.1 Å². The molecule has 0 saturated carbocycles. The van der Waals surface area contributed by atoms with E-state index >= 15 is 0 Å². The standard InChI is InChI=1S/C15H9NO6S/c17-13-8-3-1-2-4-9(8)14(18)16(13)22-15(19)12-11-10(7-23-12)20-5-6-21-11/h1-4,7H,5-6H2. The second kappa shape index (κ2) is 5.10. The van der Waals surface area contributed by atoms with E-state index in [1.807, 2.05) is 0 Å². The van der Waals surface area contributed by atoms with Gasteiger partial charge in [0.2, 0.25) is 0 Å². The van der Waals surface area contributed by atoms with Gasteiger partial charge in [0.15, 0.2) is 16.4 Å². The van der Waals surface area contributed by atoms with Gasteiger partial charge in [-0.3, -0.25) is 9.59 Å². The van der Waals surface area contributed by atoms with E-state index in [1.165, 1.54) is 12.1 Å². The quantitative estimate of drug-likeness (QED) is 0.782. The van der Waals surface area contributed by atoms with Gasteiger partial charge >= 0.3 is 5.97 Å². The van der Waals surface area contributed by atoms with Crippen LogP contribution in [0.15, 0.2) is 29.6 Å². The fourth-order valence-corrected chi connectivity index (χ4v) is 3.18. The summed E-state index contributed by atoms with van der Waals surface area (Å²) in [6.45, 7) is 0.716. The molecule has 0 unspecified atom stereocenters. The highest BCUT2D eigenvalue weighted by Crippen LogP contribution is 2.40. The lowest BCUT2D eigenvalue weighted by Crippen LogP contribution is -2.32. The third-order valence-corrected chi connectivity index (χ3v) is 4.34. The summed E-state index contributed by atoms with van der Waals surface area (Å²) in [5.41, 5.74) is 0.413. The lowest BCUT2D eigenvalue weighted by atomic mass is 10.1. The van der Waals surface area contributed by atoms with Crippen molar-refractivity contribution in [1.29, 1.82) is 0 Å². The van der Waals surface area contributed by atoms with Crippen molar-refractivity contribution in [2.45, 2.75) is 0 Å². The van der Waals surface area contributed by atoms with E-state index in [0.29, 0.717) is 24.0 Å². The molecule has 4 rings (SSSR count). The van der Waals surface area contributed by atoms with Gasteiger partial charge in [-0.1, -0.05) is 17.2 Å². The van der Waals surface area contributed by atoms with Crippen molar-refractivity contribution in [3.8, 4) is 11.5 Å². The van der Waals surface area contributed by atoms with Gasteiger partial charge in [0.05, 0.1) is 11.1 Å². The molecular weight excluding hydrogens is 322 g/mol. The van der Waals surface area contributed by atoms with Crippen LogP contribution in [0.2, 0.25) is 0 Å². The summed E-state index contributed by atoms with van der Waals surface area (Å²) < 4.78 is 10.7. The number of fused-ring (bicyclic) bond motifs is 2. The van der Waals surface area contributed by atoms with E-state index in [2.05, 4.69) is 0 Å². The number of carbonyl (C=O) groups is 3. The van der Waals surface area contributed by atoms with Crippen molar-refractivity contribution in [1.82, 2.24) is 5.06 Å². The number of benzene rings is 1. The first kappa shape index (κ1) is 13.8. The SMILES string of the molecule is O=C(ON1C(=O)c2ccccc2C1=O)c1scc2c1OCCO2. The molecule has 1 aromatic carbocycles. The first-order chi connectivity index (χ1) is 11.2. The maximum Gasteiger partial charge on any atom is 0.377 e. The molecule has 0 radical (unpaired) electrons. The second-order valence-electron chi connectivity index (χ2n) is 4.78. The number of carbonyl (C=O) groups excluding carboxylic acids is 3. The molecule has 2 aliphatic heterocycles. The zero-order valence-corrected chi connectivity index (χ0v) is 12.4. The van der Waals surface area contributed by atoms with Crippen molar-refractivity contribution in [3.05, 3.63) is 45.6 Å². The molecule has 7 nitrogen and oxygen atoms in total. The van der Waals surface area contributed by atoms with E-state index in [1.54, 1.807) is 17.5 Å². The molecular formula is C15H9NO6S. The smallest absolute Gasteiger partial charge is 0.377 e. The molecule has 0 spiro atoms. The van der Waals surface area contributed by atoms with Crippen LogP contribution in [-0.4, -0.2) is 36.1 Å². The first-order valence-corrected chi connectivity index (χ1v) is 7.62. The summed E-state index contributed by atoms with van der Waals surface area (Å²) in [6, 6.07) is 6.28. The van der Waals surface area contributed by atoms with Crippen LogP contribution in [0.25, 0.3) is 0 Å². The molecule has 0 fully saturated rings. The molecule has 1 aromatic heterocycles. The van der Waals surface area contributed by atoms with Gasteiger partial charge in [-0.2, -0.15) is 0 Å². The average Bonchev–Trinajstić information content (AvgIpc) is 3.11. The highest BCUT2D eigenvalue weighted by Gasteiger charge is 2.39. The summed E-state index contributed by atoms with van der Waals surface area (Å²) in [7, 11) is 0. The van der Waals surface area contributed by atoms with Gasteiger partial charge in [0.25, 0.3) is 11.8 Å². The summed E-state index contributed by atoms with van der Waals surface area (Å²) >= 11 is 1.07. The number of nitrogens with zero attached hydrogens (tertiary/aromatic N) is 1. The normalized spacial score (nSPS) is 15.6. The first-order valence-electron chi connectivity index (χ1n) is 6.74. The van der Waals surface area contributed by atoms with Crippen molar-refractivity contribution < 1.29 is 28.7 Å². The van der Waals surface area contributed by atoms with Crippen LogP contribution in [0.3, 0.4) is 0 Å². The summed E-state index contributed by atoms with van der Waals surface area (Å²) in [5, 5.41) is 2.09. The van der Waals surface area contributed by atoms with E-state index < -0.39 is 17.8 Å². The molecule has 23 heavy (non-hydrogen) atoms.